The molecule has 0 bridgehead atoms. The van der Waals surface area contributed by atoms with Crippen LogP contribution in [0.15, 0.2) is 70.2 Å². The van der Waals surface area contributed by atoms with Crippen LogP contribution in [0.2, 0.25) is 0 Å². The summed E-state index contributed by atoms with van der Waals surface area (Å²) in [4.78, 5) is 35.5. The number of anilines is 2. The summed E-state index contributed by atoms with van der Waals surface area (Å²) in [5.74, 6) is -0.341. The monoisotopic (exact) mass is 411 g/mol. The van der Waals surface area contributed by atoms with Gasteiger partial charge in [0.2, 0.25) is 5.91 Å². The van der Waals surface area contributed by atoms with Crippen LogP contribution in [-0.4, -0.2) is 22.5 Å². The maximum Gasteiger partial charge on any atom is 0.291 e. The third kappa shape index (κ3) is 5.45. The molecule has 0 unspecified atom stereocenters. The number of non-ortho nitro benzene ring substituents is 1. The molecule has 1 aromatic heterocycles. The lowest BCUT2D eigenvalue weighted by Crippen LogP contribution is -2.15. The van der Waals surface area contributed by atoms with Gasteiger partial charge >= 0.3 is 0 Å². The molecular formula is C20H17N3O5S. The van der Waals surface area contributed by atoms with Crippen molar-refractivity contribution in [1.82, 2.24) is 0 Å². The number of furan rings is 1. The number of hydrogen-bond donors (Lipinski definition) is 2. The number of hydrogen-bond acceptors (Lipinski definition) is 6. The topological polar surface area (TPSA) is 114 Å². The first-order chi connectivity index (χ1) is 13.9. The van der Waals surface area contributed by atoms with Crippen LogP contribution in [0, 0.1) is 17.0 Å². The van der Waals surface area contributed by atoms with E-state index < -0.39 is 4.92 Å². The van der Waals surface area contributed by atoms with Gasteiger partial charge in [-0.25, -0.2) is 0 Å². The molecule has 2 aromatic carbocycles. The fourth-order valence-corrected chi connectivity index (χ4v) is 3.21. The van der Waals surface area contributed by atoms with Crippen molar-refractivity contribution >= 4 is 40.6 Å². The number of amides is 2. The van der Waals surface area contributed by atoms with E-state index in [1.807, 2.05) is 6.07 Å². The van der Waals surface area contributed by atoms with Gasteiger partial charge in [-0.3, -0.25) is 19.7 Å². The number of nitro benzene ring substituents is 1. The zero-order chi connectivity index (χ0) is 20.8. The molecule has 0 saturated heterocycles. The summed E-state index contributed by atoms with van der Waals surface area (Å²) in [6.45, 7) is 1.76. The summed E-state index contributed by atoms with van der Waals surface area (Å²) < 4.78 is 5.05. The third-order valence-corrected chi connectivity index (χ3v) is 4.91. The minimum Gasteiger partial charge on any atom is -0.459 e. The van der Waals surface area contributed by atoms with Gasteiger partial charge in [0.25, 0.3) is 11.6 Å². The van der Waals surface area contributed by atoms with Gasteiger partial charge < -0.3 is 15.1 Å². The average Bonchev–Trinajstić information content (AvgIpc) is 3.23. The smallest absolute Gasteiger partial charge is 0.291 e. The summed E-state index contributed by atoms with van der Waals surface area (Å²) in [7, 11) is 0. The summed E-state index contributed by atoms with van der Waals surface area (Å²) in [6.07, 6.45) is 1.42. The predicted molar refractivity (Wildman–Crippen MR) is 110 cm³/mol. The molecule has 3 aromatic rings. The fourth-order valence-electron chi connectivity index (χ4n) is 2.46. The Balaban J connectivity index is 1.59. The Morgan fingerprint density at radius 3 is 2.66 bits per heavy atom. The molecule has 0 atom stereocenters. The SMILES string of the molecule is Cc1ccc([N+](=O)[O-])cc1NC(=O)CSc1cccc(NC(=O)c2ccco2)c1. The molecule has 0 aliphatic rings. The second kappa shape index (κ2) is 9.07. The van der Waals surface area contributed by atoms with Gasteiger partial charge in [0.1, 0.15) is 0 Å². The Bertz CT molecular complexity index is 1050. The van der Waals surface area contributed by atoms with Crippen LogP contribution in [-0.2, 0) is 4.79 Å². The minimum atomic E-state index is -0.508. The number of thioether (sulfide) groups is 1. The van der Waals surface area contributed by atoms with Gasteiger partial charge in [0.15, 0.2) is 5.76 Å². The van der Waals surface area contributed by atoms with Gasteiger partial charge in [-0.15, -0.1) is 11.8 Å². The van der Waals surface area contributed by atoms with Gasteiger partial charge in [-0.05, 0) is 42.8 Å². The Kier molecular flexibility index (Phi) is 6.30. The number of nitrogens with zero attached hydrogens (tertiary/aromatic N) is 1. The van der Waals surface area contributed by atoms with Crippen molar-refractivity contribution in [3.05, 3.63) is 82.3 Å². The Morgan fingerprint density at radius 1 is 1.10 bits per heavy atom. The average molecular weight is 411 g/mol. The van der Waals surface area contributed by atoms with Crippen LogP contribution >= 0.6 is 11.8 Å². The van der Waals surface area contributed by atoms with Crippen LogP contribution in [0.1, 0.15) is 16.1 Å². The molecule has 0 aliphatic carbocycles. The van der Waals surface area contributed by atoms with Gasteiger partial charge in [-0.2, -0.15) is 0 Å². The molecule has 0 fully saturated rings. The lowest BCUT2D eigenvalue weighted by molar-refractivity contribution is -0.384. The highest BCUT2D eigenvalue weighted by molar-refractivity contribution is 8.00. The number of carbonyl (C=O) groups excluding carboxylic acids is 2. The highest BCUT2D eigenvalue weighted by Crippen LogP contribution is 2.24. The minimum absolute atomic E-state index is 0.0847. The zero-order valence-corrected chi connectivity index (χ0v) is 16.2. The van der Waals surface area contributed by atoms with Crippen molar-refractivity contribution < 1.29 is 18.9 Å². The van der Waals surface area contributed by atoms with Crippen LogP contribution in [0.3, 0.4) is 0 Å². The number of nitro groups is 1. The molecule has 2 amide bonds. The maximum absolute atomic E-state index is 12.3. The maximum atomic E-state index is 12.3. The predicted octanol–water partition coefficient (Wildman–Crippen LogP) is 4.48. The van der Waals surface area contributed by atoms with E-state index in [0.29, 0.717) is 11.4 Å². The summed E-state index contributed by atoms with van der Waals surface area (Å²) >= 11 is 1.28. The molecule has 0 spiro atoms. The van der Waals surface area contributed by atoms with Crippen LogP contribution < -0.4 is 10.6 Å². The van der Waals surface area contributed by atoms with Gasteiger partial charge in [-0.1, -0.05) is 12.1 Å². The molecule has 3 rings (SSSR count). The zero-order valence-electron chi connectivity index (χ0n) is 15.4. The number of nitrogens with one attached hydrogen (secondary N) is 2. The quantitative estimate of drug-likeness (QED) is 0.337. The largest absolute Gasteiger partial charge is 0.459 e. The summed E-state index contributed by atoms with van der Waals surface area (Å²) in [5, 5.41) is 16.3. The molecule has 148 valence electrons. The van der Waals surface area contributed by atoms with Crippen LogP contribution in [0.4, 0.5) is 17.1 Å². The van der Waals surface area contributed by atoms with Crippen molar-refractivity contribution in [2.45, 2.75) is 11.8 Å². The molecular weight excluding hydrogens is 394 g/mol. The Hall–Kier alpha value is -3.59. The van der Waals surface area contributed by atoms with E-state index in [0.717, 1.165) is 10.5 Å². The van der Waals surface area contributed by atoms with Crippen LogP contribution in [0.25, 0.3) is 0 Å². The second-order valence-electron chi connectivity index (χ2n) is 6.05. The summed E-state index contributed by atoms with van der Waals surface area (Å²) in [6, 6.07) is 14.6. The van der Waals surface area contributed by atoms with Crippen molar-refractivity contribution in [3.8, 4) is 0 Å². The van der Waals surface area contributed by atoms with Crippen molar-refractivity contribution in [1.29, 1.82) is 0 Å². The van der Waals surface area contributed by atoms with E-state index in [1.165, 1.54) is 30.2 Å². The number of benzene rings is 2. The highest BCUT2D eigenvalue weighted by atomic mass is 32.2. The standard InChI is InChI=1S/C20H17N3O5S/c1-13-7-8-15(23(26)27)11-17(13)22-19(24)12-29-16-5-2-4-14(10-16)21-20(25)18-6-3-9-28-18/h2-11H,12H2,1H3,(H,21,25)(H,22,24). The summed E-state index contributed by atoms with van der Waals surface area (Å²) in [5.41, 5.74) is 1.63. The Labute approximate surface area is 170 Å². The molecule has 29 heavy (non-hydrogen) atoms. The van der Waals surface area contributed by atoms with Crippen molar-refractivity contribution in [3.63, 3.8) is 0 Å². The fraction of sp³-hybridized carbons (Fsp3) is 0.100. The van der Waals surface area contributed by atoms with Crippen molar-refractivity contribution in [2.24, 2.45) is 0 Å². The van der Waals surface area contributed by atoms with Gasteiger partial charge in [0.05, 0.1) is 22.6 Å². The lowest BCUT2D eigenvalue weighted by atomic mass is 10.2. The molecule has 0 aliphatic heterocycles. The number of aryl methyl sites for hydroxylation is 1. The Morgan fingerprint density at radius 2 is 1.93 bits per heavy atom. The van der Waals surface area contributed by atoms with E-state index in [2.05, 4.69) is 10.6 Å². The van der Waals surface area contributed by atoms with E-state index in [-0.39, 0.29) is 29.0 Å². The number of rotatable bonds is 7. The van der Waals surface area contributed by atoms with Crippen molar-refractivity contribution in [2.75, 3.05) is 16.4 Å². The first-order valence-corrected chi connectivity index (χ1v) is 9.53. The second-order valence-corrected chi connectivity index (χ2v) is 7.10. The first kappa shape index (κ1) is 20.2. The van der Waals surface area contributed by atoms with E-state index in [4.69, 9.17) is 4.42 Å². The molecule has 0 radical (unpaired) electrons. The third-order valence-electron chi connectivity index (χ3n) is 3.91. The normalized spacial score (nSPS) is 10.4. The number of carbonyl (C=O) groups is 2. The lowest BCUT2D eigenvalue weighted by Gasteiger charge is -2.09. The van der Waals surface area contributed by atoms with Crippen LogP contribution in [0.5, 0.6) is 0 Å². The first-order valence-electron chi connectivity index (χ1n) is 8.55. The highest BCUT2D eigenvalue weighted by Gasteiger charge is 2.12. The van der Waals surface area contributed by atoms with E-state index >= 15 is 0 Å². The molecule has 9 heteroatoms. The molecule has 0 saturated carbocycles. The van der Waals surface area contributed by atoms with E-state index in [1.54, 1.807) is 43.3 Å². The molecule has 1 heterocycles. The molecule has 8 nitrogen and oxygen atoms in total. The van der Waals surface area contributed by atoms with E-state index in [9.17, 15) is 19.7 Å². The molecule has 2 N–H and O–H groups in total. The van der Waals surface area contributed by atoms with Gasteiger partial charge in [0, 0.05) is 22.7 Å².